The first-order valence-electron chi connectivity index (χ1n) is 9.93. The minimum Gasteiger partial charge on any atom is -0.496 e. The first-order valence-corrected chi connectivity index (χ1v) is 11.1. The molecule has 32 heavy (non-hydrogen) atoms. The summed E-state index contributed by atoms with van der Waals surface area (Å²) < 4.78 is 12.4. The van der Waals surface area contributed by atoms with Gasteiger partial charge in [0.1, 0.15) is 23.8 Å². The summed E-state index contributed by atoms with van der Waals surface area (Å²) in [7, 11) is 1.62. The maximum atomic E-state index is 13.0. The number of halogens is 1. The second-order valence-corrected chi connectivity index (χ2v) is 8.58. The molecule has 0 radical (unpaired) electrons. The molecule has 1 aliphatic heterocycles. The Bertz CT molecular complexity index is 1210. The van der Waals surface area contributed by atoms with Gasteiger partial charge >= 0.3 is 0 Å². The summed E-state index contributed by atoms with van der Waals surface area (Å²) in [6, 6.07) is 21.0. The molecule has 0 unspecified atom stereocenters. The Hall–Kier alpha value is -3.16. The van der Waals surface area contributed by atoms with E-state index in [4.69, 9.17) is 21.7 Å². The molecule has 0 atom stereocenters. The lowest BCUT2D eigenvalue weighted by Crippen LogP contribution is -2.30. The molecule has 162 valence electrons. The van der Waals surface area contributed by atoms with Crippen LogP contribution in [0, 0.1) is 6.92 Å². The number of aryl methyl sites for hydroxylation is 1. The van der Waals surface area contributed by atoms with E-state index in [1.54, 1.807) is 13.2 Å². The van der Waals surface area contributed by atoms with E-state index in [0.29, 0.717) is 23.2 Å². The quantitative estimate of drug-likeness (QED) is 0.346. The zero-order valence-electron chi connectivity index (χ0n) is 17.6. The predicted molar refractivity (Wildman–Crippen MR) is 134 cm³/mol. The molecule has 0 aliphatic carbocycles. The van der Waals surface area contributed by atoms with Gasteiger partial charge in [-0.2, -0.15) is 0 Å². The van der Waals surface area contributed by atoms with E-state index >= 15 is 0 Å². The van der Waals surface area contributed by atoms with Crippen LogP contribution in [-0.2, 0) is 11.4 Å². The summed E-state index contributed by atoms with van der Waals surface area (Å²) in [5.41, 5.74) is 3.93. The van der Waals surface area contributed by atoms with Gasteiger partial charge in [-0.1, -0.05) is 34.1 Å². The Morgan fingerprint density at radius 3 is 2.59 bits per heavy atom. The molecule has 1 fully saturated rings. The van der Waals surface area contributed by atoms with Crippen LogP contribution in [0.5, 0.6) is 11.5 Å². The summed E-state index contributed by atoms with van der Waals surface area (Å²) in [5.74, 6) is 1.28. The molecule has 0 spiro atoms. The normalized spacial score (nSPS) is 14.6. The molecule has 1 N–H and O–H groups in total. The monoisotopic (exact) mass is 508 g/mol. The number of carbonyl (C=O) groups is 1. The lowest BCUT2D eigenvalue weighted by molar-refractivity contribution is -0.113. The highest BCUT2D eigenvalue weighted by atomic mass is 79.9. The summed E-state index contributed by atoms with van der Waals surface area (Å²) in [6.45, 7) is 2.31. The van der Waals surface area contributed by atoms with Crippen LogP contribution >= 0.6 is 28.1 Å². The minimum atomic E-state index is -0.191. The van der Waals surface area contributed by atoms with Crippen molar-refractivity contribution < 1.29 is 14.3 Å². The molecular weight excluding hydrogens is 488 g/mol. The molecule has 1 aliphatic rings. The first-order chi connectivity index (χ1) is 15.4. The van der Waals surface area contributed by atoms with Crippen molar-refractivity contribution in [3.05, 3.63) is 93.6 Å². The standard InChI is InChI=1S/C25H21BrN2O3S/c1-16-4-3-5-20(12-16)28-24(29)22(27-25(28)32)14-17-6-11-23(30-2)18(13-17)15-31-21-9-7-19(26)8-10-21/h3-14H,15H2,1-2H3,(H,27,32)/b22-14+. The van der Waals surface area contributed by atoms with Crippen molar-refractivity contribution >= 4 is 50.9 Å². The lowest BCUT2D eigenvalue weighted by atomic mass is 10.1. The number of nitrogens with one attached hydrogen (secondary N) is 1. The molecule has 1 saturated heterocycles. The molecule has 1 heterocycles. The van der Waals surface area contributed by atoms with Crippen molar-refractivity contribution in [2.75, 3.05) is 12.0 Å². The minimum absolute atomic E-state index is 0.191. The molecule has 3 aromatic rings. The topological polar surface area (TPSA) is 50.8 Å². The van der Waals surface area contributed by atoms with Crippen LogP contribution in [0.25, 0.3) is 6.08 Å². The zero-order valence-corrected chi connectivity index (χ0v) is 20.0. The zero-order chi connectivity index (χ0) is 22.7. The third kappa shape index (κ3) is 4.84. The maximum Gasteiger partial charge on any atom is 0.281 e. The fourth-order valence-corrected chi connectivity index (χ4v) is 3.96. The van der Waals surface area contributed by atoms with Crippen LogP contribution in [0.15, 0.2) is 76.9 Å². The van der Waals surface area contributed by atoms with Crippen molar-refractivity contribution in [1.82, 2.24) is 5.32 Å². The number of benzene rings is 3. The number of amides is 1. The van der Waals surface area contributed by atoms with Gasteiger partial charge in [0.05, 0.1) is 12.8 Å². The van der Waals surface area contributed by atoms with Crippen molar-refractivity contribution in [2.24, 2.45) is 0 Å². The Kier molecular flexibility index (Phi) is 6.58. The van der Waals surface area contributed by atoms with Gasteiger partial charge in [0.25, 0.3) is 5.91 Å². The van der Waals surface area contributed by atoms with Crippen LogP contribution in [0.3, 0.4) is 0 Å². The largest absolute Gasteiger partial charge is 0.496 e. The Labute approximate surface area is 200 Å². The SMILES string of the molecule is COc1ccc(/C=C2/NC(=S)N(c3cccc(C)c3)C2=O)cc1COc1ccc(Br)cc1. The molecule has 0 saturated carbocycles. The molecule has 1 amide bonds. The third-order valence-corrected chi connectivity index (χ3v) is 5.77. The smallest absolute Gasteiger partial charge is 0.281 e. The Balaban J connectivity index is 1.57. The number of rotatable bonds is 6. The second kappa shape index (κ2) is 9.54. The summed E-state index contributed by atoms with van der Waals surface area (Å²) in [4.78, 5) is 14.5. The number of nitrogens with zero attached hydrogens (tertiary/aromatic N) is 1. The van der Waals surface area contributed by atoms with E-state index in [1.165, 1.54) is 4.90 Å². The van der Waals surface area contributed by atoms with E-state index in [1.807, 2.05) is 73.7 Å². The maximum absolute atomic E-state index is 13.0. The van der Waals surface area contributed by atoms with Gasteiger partial charge in [0, 0.05) is 10.0 Å². The molecule has 3 aromatic carbocycles. The fourth-order valence-electron chi connectivity index (χ4n) is 3.40. The van der Waals surface area contributed by atoms with Gasteiger partial charge in [-0.05, 0) is 84.9 Å². The van der Waals surface area contributed by atoms with Crippen molar-refractivity contribution in [2.45, 2.75) is 13.5 Å². The third-order valence-electron chi connectivity index (χ3n) is 4.96. The highest BCUT2D eigenvalue weighted by Gasteiger charge is 2.32. The Morgan fingerprint density at radius 2 is 1.88 bits per heavy atom. The average molecular weight is 509 g/mol. The van der Waals surface area contributed by atoms with Crippen molar-refractivity contribution in [1.29, 1.82) is 0 Å². The number of methoxy groups -OCH3 is 1. The van der Waals surface area contributed by atoms with E-state index in [2.05, 4.69) is 21.2 Å². The van der Waals surface area contributed by atoms with Gasteiger partial charge in [-0.3, -0.25) is 9.69 Å². The highest BCUT2D eigenvalue weighted by Crippen LogP contribution is 2.26. The first kappa shape index (κ1) is 22.0. The predicted octanol–water partition coefficient (Wildman–Crippen LogP) is 5.61. The molecule has 0 bridgehead atoms. The average Bonchev–Trinajstić information content (AvgIpc) is 3.06. The molecule has 0 aromatic heterocycles. The molecular formula is C25H21BrN2O3S. The van der Waals surface area contributed by atoms with Crippen LogP contribution in [0.1, 0.15) is 16.7 Å². The molecule has 5 nitrogen and oxygen atoms in total. The number of ether oxygens (including phenoxy) is 2. The van der Waals surface area contributed by atoms with Crippen molar-refractivity contribution in [3.8, 4) is 11.5 Å². The van der Waals surface area contributed by atoms with Gasteiger partial charge < -0.3 is 14.8 Å². The molecule has 4 rings (SSSR count). The highest BCUT2D eigenvalue weighted by molar-refractivity contribution is 9.10. The van der Waals surface area contributed by atoms with Gasteiger partial charge in [0.2, 0.25) is 0 Å². The number of carbonyl (C=O) groups excluding carboxylic acids is 1. The van der Waals surface area contributed by atoms with E-state index in [-0.39, 0.29) is 5.91 Å². The van der Waals surface area contributed by atoms with Gasteiger partial charge in [-0.15, -0.1) is 0 Å². The number of hydrogen-bond acceptors (Lipinski definition) is 4. The van der Waals surface area contributed by atoms with Gasteiger partial charge in [-0.25, -0.2) is 0 Å². The molecule has 7 heteroatoms. The van der Waals surface area contributed by atoms with Crippen LogP contribution in [0.2, 0.25) is 0 Å². The second-order valence-electron chi connectivity index (χ2n) is 7.28. The lowest BCUT2D eigenvalue weighted by Gasteiger charge is -2.14. The summed E-state index contributed by atoms with van der Waals surface area (Å²) in [5, 5.41) is 3.39. The summed E-state index contributed by atoms with van der Waals surface area (Å²) >= 11 is 8.84. The van der Waals surface area contributed by atoms with E-state index in [0.717, 1.165) is 32.6 Å². The van der Waals surface area contributed by atoms with Crippen LogP contribution in [-0.4, -0.2) is 18.1 Å². The number of anilines is 1. The van der Waals surface area contributed by atoms with Crippen molar-refractivity contribution in [3.63, 3.8) is 0 Å². The number of hydrogen-bond donors (Lipinski definition) is 1. The van der Waals surface area contributed by atoms with E-state index < -0.39 is 0 Å². The summed E-state index contributed by atoms with van der Waals surface area (Å²) in [6.07, 6.45) is 1.78. The van der Waals surface area contributed by atoms with Crippen LogP contribution < -0.4 is 19.7 Å². The van der Waals surface area contributed by atoms with E-state index in [9.17, 15) is 4.79 Å². The van der Waals surface area contributed by atoms with Gasteiger partial charge in [0.15, 0.2) is 5.11 Å². The van der Waals surface area contributed by atoms with Crippen LogP contribution in [0.4, 0.5) is 5.69 Å². The number of thiocarbonyl (C=S) groups is 1. The fraction of sp³-hybridized carbons (Fsp3) is 0.120. The Morgan fingerprint density at radius 1 is 1.09 bits per heavy atom.